The van der Waals surface area contributed by atoms with Gasteiger partial charge in [-0.2, -0.15) is 10.0 Å². The van der Waals surface area contributed by atoms with Crippen LogP contribution in [-0.4, -0.2) is 31.6 Å². The average molecular weight is 179 g/mol. The molecule has 1 rings (SSSR count). The minimum Gasteiger partial charge on any atom is -0.223 e. The molecule has 1 aromatic carbocycles. The maximum Gasteiger partial charge on any atom is 0.364 e. The van der Waals surface area contributed by atoms with E-state index in [1.54, 1.807) is 7.05 Å². The number of hydrogen-bond donors (Lipinski definition) is 1. The van der Waals surface area contributed by atoms with Crippen LogP contribution in [-0.2, 0) is 0 Å². The zero-order valence-corrected chi connectivity index (χ0v) is 8.24. The highest BCUT2D eigenvalue weighted by atomic mass is 16.2. The van der Waals surface area contributed by atoms with E-state index in [4.69, 9.17) is 0 Å². The molecule has 0 bridgehead atoms. The van der Waals surface area contributed by atoms with Crippen molar-refractivity contribution in [2.75, 3.05) is 21.1 Å². The minimum absolute atomic E-state index is 0.0584. The van der Waals surface area contributed by atoms with Gasteiger partial charge < -0.3 is 0 Å². The summed E-state index contributed by atoms with van der Waals surface area (Å²) in [5.41, 5.74) is 3.65. The number of benzene rings is 1. The van der Waals surface area contributed by atoms with Crippen molar-refractivity contribution >= 4 is 5.91 Å². The van der Waals surface area contributed by atoms with E-state index < -0.39 is 0 Å². The van der Waals surface area contributed by atoms with Gasteiger partial charge in [0, 0.05) is 7.05 Å². The van der Waals surface area contributed by atoms with Crippen LogP contribution in [0.25, 0.3) is 0 Å². The van der Waals surface area contributed by atoms with Crippen molar-refractivity contribution in [3.63, 3.8) is 0 Å². The smallest absolute Gasteiger partial charge is 0.223 e. The molecule has 0 aliphatic carbocycles. The molecule has 1 amide bonds. The highest BCUT2D eigenvalue weighted by Gasteiger charge is 2.26. The first-order chi connectivity index (χ1) is 6.08. The van der Waals surface area contributed by atoms with Gasteiger partial charge in [0.1, 0.15) is 0 Å². The topological polar surface area (TPSA) is 29.1 Å². The molecule has 1 N–H and O–H groups in total. The lowest BCUT2D eigenvalue weighted by Crippen LogP contribution is -2.54. The van der Waals surface area contributed by atoms with Crippen molar-refractivity contribution in [3.8, 4) is 0 Å². The summed E-state index contributed by atoms with van der Waals surface area (Å²) in [5.74, 6) is 0.0584. The normalized spacial score (nSPS) is 11.3. The van der Waals surface area contributed by atoms with Gasteiger partial charge in [-0.05, 0) is 12.1 Å². The highest BCUT2D eigenvalue weighted by Crippen LogP contribution is 2.05. The number of rotatable bonds is 2. The van der Waals surface area contributed by atoms with Gasteiger partial charge in [-0.25, -0.2) is 4.79 Å². The first-order valence-corrected chi connectivity index (χ1v) is 4.21. The molecule has 0 aromatic heterocycles. The first-order valence-electron chi connectivity index (χ1n) is 4.21. The average Bonchev–Trinajstić information content (AvgIpc) is 2.18. The third kappa shape index (κ3) is 2.14. The van der Waals surface area contributed by atoms with E-state index in [2.05, 4.69) is 5.43 Å². The van der Waals surface area contributed by atoms with E-state index in [1.807, 2.05) is 44.4 Å². The molecule has 0 heterocycles. The second-order valence-corrected chi connectivity index (χ2v) is 3.35. The molecule has 0 fully saturated rings. The fraction of sp³-hybridized carbons (Fsp3) is 0.300. The van der Waals surface area contributed by atoms with Gasteiger partial charge in [0.05, 0.1) is 19.7 Å². The molecule has 0 spiro atoms. The Hall–Kier alpha value is -1.19. The second-order valence-electron chi connectivity index (χ2n) is 3.35. The third-order valence-corrected chi connectivity index (χ3v) is 2.09. The van der Waals surface area contributed by atoms with Gasteiger partial charge in [-0.3, -0.25) is 0 Å². The third-order valence-electron chi connectivity index (χ3n) is 2.09. The second kappa shape index (κ2) is 3.68. The lowest BCUT2D eigenvalue weighted by atomic mass is 10.2. The van der Waals surface area contributed by atoms with Crippen molar-refractivity contribution in [1.29, 1.82) is 0 Å². The van der Waals surface area contributed by atoms with E-state index in [0.29, 0.717) is 0 Å². The summed E-state index contributed by atoms with van der Waals surface area (Å²) in [7, 11) is 5.39. The molecule has 0 aliphatic rings. The largest absolute Gasteiger partial charge is 0.364 e. The van der Waals surface area contributed by atoms with E-state index in [9.17, 15) is 4.79 Å². The molecule has 0 unspecified atom stereocenters. The van der Waals surface area contributed by atoms with E-state index in [-0.39, 0.29) is 10.5 Å². The molecule has 3 heteroatoms. The Morgan fingerprint density at radius 1 is 1.23 bits per heavy atom. The fourth-order valence-electron chi connectivity index (χ4n) is 1.01. The lowest BCUT2D eigenvalue weighted by molar-refractivity contribution is -0.852. The molecule has 0 aliphatic heterocycles. The molecule has 1 aromatic rings. The molecule has 3 nitrogen and oxygen atoms in total. The maximum atomic E-state index is 11.8. The van der Waals surface area contributed by atoms with Gasteiger partial charge in [-0.15, -0.1) is 0 Å². The van der Waals surface area contributed by atoms with E-state index in [1.165, 1.54) is 0 Å². The number of nitrogens with zero attached hydrogens (tertiary/aromatic N) is 1. The van der Waals surface area contributed by atoms with Crippen LogP contribution in [0.4, 0.5) is 0 Å². The summed E-state index contributed by atoms with van der Waals surface area (Å²) in [6, 6.07) is 9.27. The van der Waals surface area contributed by atoms with Gasteiger partial charge in [-0.1, -0.05) is 18.2 Å². The van der Waals surface area contributed by atoms with Gasteiger partial charge in [0.2, 0.25) is 0 Å². The Bertz CT molecular complexity index is 293. The summed E-state index contributed by atoms with van der Waals surface area (Å²) in [6.07, 6.45) is 0. The Kier molecular flexibility index (Phi) is 2.80. The molecule has 0 atom stereocenters. The monoisotopic (exact) mass is 179 g/mol. The summed E-state index contributed by atoms with van der Waals surface area (Å²) in [6.45, 7) is 0. The van der Waals surface area contributed by atoms with Crippen molar-refractivity contribution in [2.45, 2.75) is 0 Å². The van der Waals surface area contributed by atoms with Crippen LogP contribution in [0.1, 0.15) is 10.4 Å². The Morgan fingerprint density at radius 2 is 1.77 bits per heavy atom. The molecule has 0 saturated carbocycles. The van der Waals surface area contributed by atoms with Crippen molar-refractivity contribution in [1.82, 2.24) is 5.43 Å². The van der Waals surface area contributed by atoms with Crippen LogP contribution >= 0.6 is 0 Å². The predicted molar refractivity (Wildman–Crippen MR) is 51.9 cm³/mol. The number of carbonyl (C=O) groups is 1. The van der Waals surface area contributed by atoms with Crippen molar-refractivity contribution < 1.29 is 9.39 Å². The van der Waals surface area contributed by atoms with E-state index >= 15 is 0 Å². The molecular formula is C10H15N2O+. The predicted octanol–water partition coefficient (Wildman–Crippen LogP) is 1.04. The number of nitrogens with one attached hydrogen (secondary N) is 1. The molecule has 0 saturated heterocycles. The van der Waals surface area contributed by atoms with Gasteiger partial charge in [0.15, 0.2) is 0 Å². The molecule has 0 radical (unpaired) electrons. The Labute approximate surface area is 78.5 Å². The highest BCUT2D eigenvalue weighted by molar-refractivity contribution is 5.88. The number of quaternary nitrogens is 1. The Balaban J connectivity index is 2.93. The van der Waals surface area contributed by atoms with Crippen LogP contribution < -0.4 is 5.43 Å². The SMILES string of the molecule is CN[N+](C)(C)C(=O)c1ccccc1. The van der Waals surface area contributed by atoms with Gasteiger partial charge >= 0.3 is 5.91 Å². The zero-order valence-electron chi connectivity index (χ0n) is 8.24. The maximum absolute atomic E-state index is 11.8. The van der Waals surface area contributed by atoms with Crippen molar-refractivity contribution in [2.24, 2.45) is 0 Å². The first kappa shape index (κ1) is 9.89. The summed E-state index contributed by atoms with van der Waals surface area (Å²) in [5, 5.41) is 0. The summed E-state index contributed by atoms with van der Waals surface area (Å²) < 4.78 is 0.157. The fourth-order valence-corrected chi connectivity index (χ4v) is 1.01. The number of hydrogen-bond acceptors (Lipinski definition) is 2. The van der Waals surface area contributed by atoms with Crippen LogP contribution in [0.5, 0.6) is 0 Å². The summed E-state index contributed by atoms with van der Waals surface area (Å²) >= 11 is 0. The van der Waals surface area contributed by atoms with Crippen LogP contribution in [0, 0.1) is 0 Å². The number of carbonyl (C=O) groups excluding carboxylic acids is 1. The molecular weight excluding hydrogens is 164 g/mol. The standard InChI is InChI=1S/C10H15N2O/c1-11-12(2,3)10(13)9-7-5-4-6-8-9/h4-8,11H,1-3H3/q+1. The van der Waals surface area contributed by atoms with Gasteiger partial charge in [0.25, 0.3) is 0 Å². The quantitative estimate of drug-likeness (QED) is 0.543. The molecule has 13 heavy (non-hydrogen) atoms. The lowest BCUT2D eigenvalue weighted by Gasteiger charge is -2.24. The van der Waals surface area contributed by atoms with Crippen LogP contribution in [0.3, 0.4) is 0 Å². The summed E-state index contributed by atoms with van der Waals surface area (Å²) in [4.78, 5) is 11.8. The molecule has 70 valence electrons. The number of amides is 1. The van der Waals surface area contributed by atoms with Crippen LogP contribution in [0.2, 0.25) is 0 Å². The van der Waals surface area contributed by atoms with Crippen LogP contribution in [0.15, 0.2) is 30.3 Å². The zero-order chi connectivity index (χ0) is 9.90. The van der Waals surface area contributed by atoms with E-state index in [0.717, 1.165) is 5.56 Å². The minimum atomic E-state index is 0.0584. The Morgan fingerprint density at radius 3 is 2.23 bits per heavy atom. The van der Waals surface area contributed by atoms with Crippen molar-refractivity contribution in [3.05, 3.63) is 35.9 Å².